The van der Waals surface area contributed by atoms with Crippen molar-refractivity contribution in [2.75, 3.05) is 0 Å². The molecule has 0 unspecified atom stereocenters. The van der Waals surface area contributed by atoms with Crippen LogP contribution < -0.4 is 0 Å². The minimum atomic E-state index is -5.84. The molecule has 0 aliphatic carbocycles. The summed E-state index contributed by atoms with van der Waals surface area (Å²) in [4.78, 5) is 23.6. The van der Waals surface area contributed by atoms with Gasteiger partial charge in [-0.1, -0.05) is 24.3 Å². The van der Waals surface area contributed by atoms with E-state index < -0.39 is 46.5 Å². The molecule has 0 saturated carbocycles. The maximum atomic E-state index is 13.6. The number of rotatable bonds is 2. The van der Waals surface area contributed by atoms with E-state index in [1.54, 1.807) is 0 Å². The van der Waals surface area contributed by atoms with E-state index in [1.807, 2.05) is 0 Å². The van der Waals surface area contributed by atoms with Crippen LogP contribution >= 0.6 is 0 Å². The molecular formula is C15H11F5O4. The SMILES string of the molecule is CC1(C)OC(=O)C(=Cc2ccccc2C(F)(F)C(F)(F)F)C(=O)O1. The van der Waals surface area contributed by atoms with E-state index in [-0.39, 0.29) is 0 Å². The average Bonchev–Trinajstić information content (AvgIpc) is 2.41. The Kier molecular flexibility index (Phi) is 4.15. The van der Waals surface area contributed by atoms with Gasteiger partial charge in [0, 0.05) is 19.4 Å². The number of esters is 2. The summed E-state index contributed by atoms with van der Waals surface area (Å²) in [5.41, 5.74) is -2.82. The van der Waals surface area contributed by atoms with Gasteiger partial charge in [0.25, 0.3) is 5.79 Å². The third-order valence-electron chi connectivity index (χ3n) is 3.07. The molecule has 0 N–H and O–H groups in total. The first-order chi connectivity index (χ1) is 10.8. The van der Waals surface area contributed by atoms with Gasteiger partial charge in [-0.05, 0) is 11.6 Å². The van der Waals surface area contributed by atoms with E-state index >= 15 is 0 Å². The van der Waals surface area contributed by atoms with Crippen molar-refractivity contribution in [3.05, 3.63) is 41.0 Å². The lowest BCUT2D eigenvalue weighted by molar-refractivity contribution is -0.289. The van der Waals surface area contributed by atoms with Gasteiger partial charge in [-0.2, -0.15) is 22.0 Å². The lowest BCUT2D eigenvalue weighted by atomic mass is 9.98. The van der Waals surface area contributed by atoms with Gasteiger partial charge in [-0.15, -0.1) is 0 Å². The zero-order chi connectivity index (χ0) is 18.3. The number of halogens is 5. The number of ether oxygens (including phenoxy) is 2. The van der Waals surface area contributed by atoms with E-state index in [9.17, 15) is 31.5 Å². The molecule has 4 nitrogen and oxygen atoms in total. The van der Waals surface area contributed by atoms with Crippen molar-refractivity contribution >= 4 is 18.0 Å². The molecule has 2 rings (SSSR count). The topological polar surface area (TPSA) is 52.6 Å². The van der Waals surface area contributed by atoms with Crippen molar-refractivity contribution in [1.29, 1.82) is 0 Å². The summed E-state index contributed by atoms with van der Waals surface area (Å²) >= 11 is 0. The van der Waals surface area contributed by atoms with Crippen LogP contribution in [0.5, 0.6) is 0 Å². The predicted octanol–water partition coefficient (Wildman–Crippen LogP) is 3.56. The van der Waals surface area contributed by atoms with Crippen molar-refractivity contribution in [2.24, 2.45) is 0 Å². The molecule has 1 aromatic carbocycles. The highest BCUT2D eigenvalue weighted by Gasteiger charge is 2.59. The molecule has 1 heterocycles. The first kappa shape index (κ1) is 17.9. The van der Waals surface area contributed by atoms with Gasteiger partial charge in [0.05, 0.1) is 0 Å². The molecule has 1 fully saturated rings. The van der Waals surface area contributed by atoms with Crippen LogP contribution in [0.4, 0.5) is 22.0 Å². The molecule has 0 spiro atoms. The van der Waals surface area contributed by atoms with Crippen LogP contribution in [0.15, 0.2) is 29.8 Å². The van der Waals surface area contributed by atoms with Crippen LogP contribution in [-0.2, 0) is 25.0 Å². The second kappa shape index (κ2) is 5.57. The van der Waals surface area contributed by atoms with Gasteiger partial charge in [-0.3, -0.25) is 0 Å². The third-order valence-corrected chi connectivity index (χ3v) is 3.07. The Morgan fingerprint density at radius 3 is 1.96 bits per heavy atom. The molecule has 9 heteroatoms. The summed E-state index contributed by atoms with van der Waals surface area (Å²) in [6.07, 6.45) is -5.24. The number of hydrogen-bond donors (Lipinski definition) is 0. The minimum absolute atomic E-state index is 0.559. The number of carbonyl (C=O) groups is 2. The molecule has 0 atom stereocenters. The summed E-state index contributed by atoms with van der Waals surface area (Å²) in [5.74, 6) is -9.08. The van der Waals surface area contributed by atoms with Crippen LogP contribution in [0.3, 0.4) is 0 Å². The fraction of sp³-hybridized carbons (Fsp3) is 0.333. The summed E-state index contributed by atoms with van der Waals surface area (Å²) in [6, 6.07) is 3.65. The Labute approximate surface area is 132 Å². The Hall–Kier alpha value is -2.45. The van der Waals surface area contributed by atoms with Crippen molar-refractivity contribution < 1.29 is 41.0 Å². The number of benzene rings is 1. The average molecular weight is 350 g/mol. The fourth-order valence-electron chi connectivity index (χ4n) is 2.00. The Morgan fingerprint density at radius 2 is 1.46 bits per heavy atom. The standard InChI is InChI=1S/C15H11F5O4/c1-13(2)23-11(21)9(12(22)24-13)7-8-5-3-4-6-10(8)14(16,17)15(18,19)20/h3-7H,1-2H3. The van der Waals surface area contributed by atoms with E-state index in [2.05, 4.69) is 0 Å². The number of carbonyl (C=O) groups excluding carboxylic acids is 2. The van der Waals surface area contributed by atoms with E-state index in [1.165, 1.54) is 19.9 Å². The van der Waals surface area contributed by atoms with Gasteiger partial charge < -0.3 is 9.47 Å². The summed E-state index contributed by atoms with van der Waals surface area (Å²) < 4.78 is 74.5. The monoisotopic (exact) mass is 350 g/mol. The van der Waals surface area contributed by atoms with Crippen LogP contribution in [-0.4, -0.2) is 23.9 Å². The minimum Gasteiger partial charge on any atom is -0.419 e. The van der Waals surface area contributed by atoms with Gasteiger partial charge in [0.15, 0.2) is 0 Å². The van der Waals surface area contributed by atoms with Gasteiger partial charge in [0.1, 0.15) is 5.57 Å². The summed E-state index contributed by atoms with van der Waals surface area (Å²) in [6.45, 7) is 2.54. The van der Waals surface area contributed by atoms with Crippen LogP contribution in [0.1, 0.15) is 25.0 Å². The normalized spacial score (nSPS) is 18.0. The molecule has 24 heavy (non-hydrogen) atoms. The predicted molar refractivity (Wildman–Crippen MR) is 70.6 cm³/mol. The Bertz CT molecular complexity index is 697. The zero-order valence-corrected chi connectivity index (χ0v) is 12.4. The molecule has 130 valence electrons. The Morgan fingerprint density at radius 1 is 0.958 bits per heavy atom. The maximum absolute atomic E-state index is 13.6. The molecule has 1 saturated heterocycles. The zero-order valence-electron chi connectivity index (χ0n) is 12.4. The molecular weight excluding hydrogens is 339 g/mol. The summed E-state index contributed by atoms with van der Waals surface area (Å²) in [7, 11) is 0. The van der Waals surface area contributed by atoms with E-state index in [0.717, 1.165) is 12.1 Å². The smallest absolute Gasteiger partial charge is 0.419 e. The van der Waals surface area contributed by atoms with Crippen molar-refractivity contribution in [2.45, 2.75) is 31.7 Å². The summed E-state index contributed by atoms with van der Waals surface area (Å²) in [5, 5.41) is 0. The largest absolute Gasteiger partial charge is 0.458 e. The van der Waals surface area contributed by atoms with Gasteiger partial charge >= 0.3 is 24.0 Å². The van der Waals surface area contributed by atoms with Crippen LogP contribution in [0.25, 0.3) is 6.08 Å². The first-order valence-corrected chi connectivity index (χ1v) is 6.57. The van der Waals surface area contributed by atoms with Gasteiger partial charge in [0.2, 0.25) is 0 Å². The van der Waals surface area contributed by atoms with Crippen molar-refractivity contribution in [3.63, 3.8) is 0 Å². The van der Waals surface area contributed by atoms with Crippen LogP contribution in [0.2, 0.25) is 0 Å². The van der Waals surface area contributed by atoms with Crippen molar-refractivity contribution in [3.8, 4) is 0 Å². The quantitative estimate of drug-likeness (QED) is 0.354. The highest BCUT2D eigenvalue weighted by Crippen LogP contribution is 2.45. The maximum Gasteiger partial charge on any atom is 0.458 e. The highest BCUT2D eigenvalue weighted by molar-refractivity contribution is 6.18. The molecule has 0 radical (unpaired) electrons. The van der Waals surface area contributed by atoms with Gasteiger partial charge in [-0.25, -0.2) is 9.59 Å². The molecule has 1 aliphatic heterocycles. The second-order valence-electron chi connectivity index (χ2n) is 5.40. The lowest BCUT2D eigenvalue weighted by Gasteiger charge is -2.30. The number of alkyl halides is 5. The van der Waals surface area contributed by atoms with E-state index in [4.69, 9.17) is 9.47 Å². The van der Waals surface area contributed by atoms with E-state index in [0.29, 0.717) is 12.1 Å². The van der Waals surface area contributed by atoms with Crippen molar-refractivity contribution in [1.82, 2.24) is 0 Å². The highest BCUT2D eigenvalue weighted by atomic mass is 19.4. The molecule has 0 aromatic heterocycles. The molecule has 0 bridgehead atoms. The Balaban J connectivity index is 2.52. The fourth-order valence-corrected chi connectivity index (χ4v) is 2.00. The molecule has 0 amide bonds. The molecule has 1 aromatic rings. The lowest BCUT2D eigenvalue weighted by Crippen LogP contribution is -2.41. The molecule has 1 aliphatic rings. The first-order valence-electron chi connectivity index (χ1n) is 6.57. The number of cyclic esters (lactones) is 2. The second-order valence-corrected chi connectivity index (χ2v) is 5.40. The third kappa shape index (κ3) is 3.24. The number of hydrogen-bond acceptors (Lipinski definition) is 4. The van der Waals surface area contributed by atoms with Crippen LogP contribution in [0, 0.1) is 0 Å².